The molecule has 0 fully saturated rings. The minimum Gasteiger partial charge on any atom is -0.456 e. The smallest absolute Gasteiger partial charge is 0.143 e. The highest BCUT2D eigenvalue weighted by Gasteiger charge is 2.22. The average molecular weight is 1090 g/mol. The van der Waals surface area contributed by atoms with Crippen LogP contribution in [0.3, 0.4) is 0 Å². The van der Waals surface area contributed by atoms with Crippen molar-refractivity contribution in [3.63, 3.8) is 0 Å². The van der Waals surface area contributed by atoms with Gasteiger partial charge in [-0.15, -0.1) is 0 Å². The van der Waals surface area contributed by atoms with Crippen molar-refractivity contribution in [2.24, 2.45) is 0 Å². The van der Waals surface area contributed by atoms with Crippen LogP contribution in [0.5, 0.6) is 0 Å². The molecule has 16 aromatic carbocycles. The molecule has 398 valence electrons. The summed E-state index contributed by atoms with van der Waals surface area (Å²) in [5.74, 6) is 0. The molecule has 0 unspecified atom stereocenters. The molecule has 0 aliphatic rings. The third kappa shape index (κ3) is 7.53. The van der Waals surface area contributed by atoms with E-state index in [0.717, 1.165) is 60.6 Å². The molecule has 18 rings (SSSR count). The molecule has 2 heteroatoms. The average Bonchev–Trinajstić information content (AvgIpc) is 1.65. The van der Waals surface area contributed by atoms with E-state index in [1.807, 2.05) is 12.1 Å². The van der Waals surface area contributed by atoms with Crippen molar-refractivity contribution in [3.05, 3.63) is 303 Å². The summed E-state index contributed by atoms with van der Waals surface area (Å²) >= 11 is 0. The van der Waals surface area contributed by atoms with Crippen LogP contribution in [-0.4, -0.2) is 0 Å². The van der Waals surface area contributed by atoms with E-state index in [1.54, 1.807) is 0 Å². The Balaban J connectivity index is 0.708. The Kier molecular flexibility index (Phi) is 10.7. The van der Waals surface area contributed by atoms with Crippen molar-refractivity contribution in [1.82, 2.24) is 0 Å². The van der Waals surface area contributed by atoms with Crippen molar-refractivity contribution < 1.29 is 8.83 Å². The van der Waals surface area contributed by atoms with Crippen LogP contribution in [0.15, 0.2) is 312 Å². The number of furan rings is 2. The maximum atomic E-state index is 6.92. The zero-order valence-electron chi connectivity index (χ0n) is 46.7. The van der Waals surface area contributed by atoms with E-state index >= 15 is 0 Å². The Labute approximate surface area is 495 Å². The molecule has 0 atom stereocenters. The van der Waals surface area contributed by atoms with Gasteiger partial charge in [0.05, 0.1) is 0 Å². The van der Waals surface area contributed by atoms with Crippen LogP contribution in [-0.2, 0) is 0 Å². The van der Waals surface area contributed by atoms with Crippen molar-refractivity contribution >= 4 is 109 Å². The van der Waals surface area contributed by atoms with Crippen molar-refractivity contribution in [3.8, 4) is 77.9 Å². The molecule has 0 N–H and O–H groups in total. The summed E-state index contributed by atoms with van der Waals surface area (Å²) in [5, 5.41) is 19.1. The minimum absolute atomic E-state index is 0.871. The number of para-hydroxylation sites is 2. The number of fused-ring (bicyclic) bond motifs is 12. The molecule has 0 aliphatic heterocycles. The van der Waals surface area contributed by atoms with Gasteiger partial charge in [0.15, 0.2) is 0 Å². The molecule has 2 aromatic heterocycles. The van der Waals surface area contributed by atoms with Crippen LogP contribution in [0.2, 0.25) is 0 Å². The lowest BCUT2D eigenvalue weighted by atomic mass is 9.85. The van der Waals surface area contributed by atoms with E-state index in [-0.39, 0.29) is 0 Å². The topological polar surface area (TPSA) is 26.3 Å². The first-order chi connectivity index (χ1) is 42.6. The number of hydrogen-bond donors (Lipinski definition) is 0. The molecule has 2 nitrogen and oxygen atoms in total. The van der Waals surface area contributed by atoms with Gasteiger partial charge in [0, 0.05) is 27.1 Å². The monoisotopic (exact) mass is 1090 g/mol. The molecule has 0 amide bonds. The van der Waals surface area contributed by atoms with Gasteiger partial charge >= 0.3 is 0 Å². The van der Waals surface area contributed by atoms with Crippen LogP contribution < -0.4 is 0 Å². The summed E-state index contributed by atoms with van der Waals surface area (Å²) in [6.07, 6.45) is 0. The highest BCUT2D eigenvalue weighted by atomic mass is 16.3. The van der Waals surface area contributed by atoms with Gasteiger partial charge in [0.1, 0.15) is 22.3 Å². The van der Waals surface area contributed by atoms with E-state index in [1.165, 1.54) is 126 Å². The lowest BCUT2D eigenvalue weighted by Crippen LogP contribution is -1.91. The second-order valence-electron chi connectivity index (χ2n) is 22.9. The number of benzene rings is 16. The second-order valence-corrected chi connectivity index (χ2v) is 22.9. The summed E-state index contributed by atoms with van der Waals surface area (Å²) < 4.78 is 13.2. The highest BCUT2D eigenvalue weighted by molar-refractivity contribution is 6.24. The molecule has 2 heterocycles. The third-order valence-electron chi connectivity index (χ3n) is 18.2. The number of hydrogen-bond acceptors (Lipinski definition) is 2. The quantitative estimate of drug-likeness (QED) is 0.149. The van der Waals surface area contributed by atoms with Crippen molar-refractivity contribution in [2.75, 3.05) is 0 Å². The molecule has 0 bridgehead atoms. The molecule has 18 aromatic rings. The first kappa shape index (κ1) is 48.2. The second kappa shape index (κ2) is 19.1. The van der Waals surface area contributed by atoms with E-state index in [2.05, 4.69) is 291 Å². The molecule has 86 heavy (non-hydrogen) atoms. The summed E-state index contributed by atoms with van der Waals surface area (Å²) in [6.45, 7) is 0. The van der Waals surface area contributed by atoms with E-state index in [4.69, 9.17) is 8.83 Å². The SMILES string of the molecule is c1cc(-c2cccc3cc(-c4cccc5c4oc4ccc(-c6c7ccccc7c(-c7ccc(-c8ccc9ccccc9c8)cc7)c7ccccc67)cc45)ccc23)cc(-c2c3ccccc3c(-c3ccc4oc5ccccc5c4c3)c3ccccc23)c1. The largest absolute Gasteiger partial charge is 0.456 e. The van der Waals surface area contributed by atoms with Gasteiger partial charge in [-0.1, -0.05) is 255 Å². The van der Waals surface area contributed by atoms with Gasteiger partial charge in [0.2, 0.25) is 0 Å². The van der Waals surface area contributed by atoms with Gasteiger partial charge in [-0.25, -0.2) is 0 Å². The van der Waals surface area contributed by atoms with Gasteiger partial charge in [0.25, 0.3) is 0 Å². The summed E-state index contributed by atoms with van der Waals surface area (Å²) in [4.78, 5) is 0. The summed E-state index contributed by atoms with van der Waals surface area (Å²) in [5.41, 5.74) is 20.2. The molecule has 0 saturated carbocycles. The van der Waals surface area contributed by atoms with Gasteiger partial charge in [-0.05, 0) is 185 Å². The molecular formula is C84H50O2. The summed E-state index contributed by atoms with van der Waals surface area (Å²) in [7, 11) is 0. The Morgan fingerprint density at radius 2 is 0.558 bits per heavy atom. The molecule has 0 radical (unpaired) electrons. The predicted octanol–water partition coefficient (Wildman–Crippen LogP) is 24.1. The van der Waals surface area contributed by atoms with Gasteiger partial charge < -0.3 is 8.83 Å². The Hall–Kier alpha value is -11.3. The van der Waals surface area contributed by atoms with Crippen LogP contribution in [0.25, 0.3) is 186 Å². The lowest BCUT2D eigenvalue weighted by Gasteiger charge is -2.18. The Morgan fingerprint density at radius 3 is 1.20 bits per heavy atom. The zero-order valence-corrected chi connectivity index (χ0v) is 46.7. The van der Waals surface area contributed by atoms with Crippen LogP contribution >= 0.6 is 0 Å². The van der Waals surface area contributed by atoms with Gasteiger partial charge in [-0.3, -0.25) is 0 Å². The Morgan fingerprint density at radius 1 is 0.163 bits per heavy atom. The fourth-order valence-electron chi connectivity index (χ4n) is 14.3. The van der Waals surface area contributed by atoms with E-state index < -0.39 is 0 Å². The first-order valence-electron chi connectivity index (χ1n) is 29.6. The standard InChI is InChI=1S/C84H50O2/c1-2-17-54-46-55(39-36-51(54)16-1)52-34-37-53(38-35-52)80-66-22-3-5-24-68(66)83(69-25-6-4-23-67(69)80)61-42-45-79-76(50-61)74-32-15-31-64(84(74)86-79)58-40-43-63-56(47-58)19-14-30-62(63)57-18-13-20-59(48-57)81-70-26-7-9-28-72(70)82(73-29-10-8-27-71(73)81)60-41-44-78-75(49-60)65-21-11-12-33-77(65)85-78/h1-50H. The highest BCUT2D eigenvalue weighted by Crippen LogP contribution is 2.49. The van der Waals surface area contributed by atoms with Crippen LogP contribution in [0.1, 0.15) is 0 Å². The molecule has 0 aliphatic carbocycles. The fourth-order valence-corrected chi connectivity index (χ4v) is 14.3. The normalized spacial score (nSPS) is 12.0. The molecule has 0 saturated heterocycles. The zero-order chi connectivity index (χ0) is 56.4. The van der Waals surface area contributed by atoms with Gasteiger partial charge in [-0.2, -0.15) is 0 Å². The maximum Gasteiger partial charge on any atom is 0.143 e. The fraction of sp³-hybridized carbons (Fsp3) is 0. The van der Waals surface area contributed by atoms with Crippen LogP contribution in [0, 0.1) is 0 Å². The molecular weight excluding hydrogens is 1040 g/mol. The van der Waals surface area contributed by atoms with E-state index in [0.29, 0.717) is 0 Å². The lowest BCUT2D eigenvalue weighted by molar-refractivity contribution is 0.669. The molecule has 0 spiro atoms. The van der Waals surface area contributed by atoms with Crippen molar-refractivity contribution in [2.45, 2.75) is 0 Å². The summed E-state index contributed by atoms with van der Waals surface area (Å²) in [6, 6.07) is 111. The third-order valence-corrected chi connectivity index (χ3v) is 18.2. The van der Waals surface area contributed by atoms with E-state index in [9.17, 15) is 0 Å². The number of rotatable bonds is 7. The maximum absolute atomic E-state index is 6.92. The minimum atomic E-state index is 0.871. The van der Waals surface area contributed by atoms with Crippen molar-refractivity contribution in [1.29, 1.82) is 0 Å². The Bertz CT molecular complexity index is 5720. The van der Waals surface area contributed by atoms with Crippen LogP contribution in [0.4, 0.5) is 0 Å². The predicted molar refractivity (Wildman–Crippen MR) is 364 cm³/mol. The first-order valence-corrected chi connectivity index (χ1v) is 29.6.